The lowest BCUT2D eigenvalue weighted by atomic mass is 10.1. The van der Waals surface area contributed by atoms with Crippen LogP contribution < -0.4 is 0 Å². The second-order valence-electron chi connectivity index (χ2n) is 4.77. The summed E-state index contributed by atoms with van der Waals surface area (Å²) in [6.45, 7) is 4.93. The molecule has 0 amide bonds. The molecule has 1 aromatic carbocycles. The summed E-state index contributed by atoms with van der Waals surface area (Å²) in [5, 5.41) is 0. The van der Waals surface area contributed by atoms with E-state index in [1.165, 1.54) is 16.7 Å². The molecule has 0 fully saturated rings. The van der Waals surface area contributed by atoms with Crippen molar-refractivity contribution < 1.29 is 0 Å². The average molecular weight is 269 g/mol. The third-order valence-corrected chi connectivity index (χ3v) is 3.78. The lowest BCUT2D eigenvalue weighted by Crippen LogP contribution is -2.02. The highest BCUT2D eigenvalue weighted by atomic mass is 32.1. The minimum absolute atomic E-state index is 0.722. The van der Waals surface area contributed by atoms with Crippen LogP contribution in [-0.4, -0.2) is 14.5 Å². The zero-order valence-electron chi connectivity index (χ0n) is 11.0. The van der Waals surface area contributed by atoms with E-state index in [4.69, 9.17) is 12.2 Å². The quantitative estimate of drug-likeness (QED) is 0.719. The summed E-state index contributed by atoms with van der Waals surface area (Å²) in [6.07, 6.45) is 1.83. The van der Waals surface area contributed by atoms with Gasteiger partial charge < -0.3 is 4.98 Å². The van der Waals surface area contributed by atoms with Crippen LogP contribution >= 0.6 is 12.2 Å². The Kier molecular flexibility index (Phi) is 2.95. The molecule has 0 saturated carbocycles. The van der Waals surface area contributed by atoms with Crippen molar-refractivity contribution in [2.24, 2.45) is 0 Å². The Bertz CT molecular complexity index is 799. The fourth-order valence-electron chi connectivity index (χ4n) is 2.28. The molecule has 0 unspecified atom stereocenters. The number of nitrogens with one attached hydrogen (secondary N) is 1. The summed E-state index contributed by atoms with van der Waals surface area (Å²) in [7, 11) is 0. The van der Waals surface area contributed by atoms with Gasteiger partial charge in [-0.15, -0.1) is 0 Å². The second kappa shape index (κ2) is 4.63. The maximum Gasteiger partial charge on any atom is 0.179 e. The fourth-order valence-corrected chi connectivity index (χ4v) is 2.53. The van der Waals surface area contributed by atoms with Gasteiger partial charge in [0.2, 0.25) is 0 Å². The Labute approximate surface area is 116 Å². The summed E-state index contributed by atoms with van der Waals surface area (Å²) in [5.74, 6) is 0. The van der Waals surface area contributed by atoms with Gasteiger partial charge in [0.1, 0.15) is 0 Å². The lowest BCUT2D eigenvalue weighted by molar-refractivity contribution is 0.795. The van der Waals surface area contributed by atoms with Crippen LogP contribution in [0.3, 0.4) is 0 Å². The molecule has 0 aliphatic carbocycles. The monoisotopic (exact) mass is 269 g/mol. The lowest BCUT2D eigenvalue weighted by Gasteiger charge is -2.07. The van der Waals surface area contributed by atoms with Crippen LogP contribution in [0.15, 0.2) is 36.5 Å². The van der Waals surface area contributed by atoms with E-state index in [0.717, 1.165) is 22.5 Å². The van der Waals surface area contributed by atoms with Gasteiger partial charge in [-0.05, 0) is 48.8 Å². The Balaban J connectivity index is 2.16. The van der Waals surface area contributed by atoms with E-state index >= 15 is 0 Å². The van der Waals surface area contributed by atoms with Crippen LogP contribution in [0.25, 0.3) is 11.2 Å². The van der Waals surface area contributed by atoms with E-state index in [9.17, 15) is 0 Å². The molecule has 96 valence electrons. The number of hydrogen-bond acceptors (Lipinski definition) is 2. The Morgan fingerprint density at radius 3 is 2.74 bits per heavy atom. The highest BCUT2D eigenvalue weighted by Crippen LogP contribution is 2.18. The first-order valence-electron chi connectivity index (χ1n) is 6.25. The van der Waals surface area contributed by atoms with E-state index in [1.54, 1.807) is 0 Å². The predicted molar refractivity (Wildman–Crippen MR) is 79.9 cm³/mol. The maximum absolute atomic E-state index is 5.42. The summed E-state index contributed by atoms with van der Waals surface area (Å²) >= 11 is 5.42. The van der Waals surface area contributed by atoms with Crippen LogP contribution in [0, 0.1) is 18.6 Å². The molecule has 19 heavy (non-hydrogen) atoms. The second-order valence-corrected chi connectivity index (χ2v) is 5.16. The van der Waals surface area contributed by atoms with E-state index < -0.39 is 0 Å². The first-order chi connectivity index (χ1) is 9.16. The smallest absolute Gasteiger partial charge is 0.179 e. The first-order valence-corrected chi connectivity index (χ1v) is 6.66. The zero-order chi connectivity index (χ0) is 13.4. The van der Waals surface area contributed by atoms with Crippen molar-refractivity contribution in [2.75, 3.05) is 0 Å². The molecule has 2 aromatic heterocycles. The van der Waals surface area contributed by atoms with Crippen LogP contribution in [0.5, 0.6) is 0 Å². The van der Waals surface area contributed by atoms with E-state index in [2.05, 4.69) is 52.6 Å². The molecule has 1 N–H and O–H groups in total. The standard InChI is InChI=1S/C15H15N3S/c1-10-5-3-4-6-12(10)9-18-14-13(17-15(18)19)11(2)7-8-16-14/h3-8H,9H2,1-2H3,(H,17,19). The van der Waals surface area contributed by atoms with Crippen LogP contribution in [0.4, 0.5) is 0 Å². The number of aromatic amines is 1. The molecule has 0 spiro atoms. The number of H-pyrrole nitrogens is 1. The van der Waals surface area contributed by atoms with Crippen molar-refractivity contribution in [3.8, 4) is 0 Å². The van der Waals surface area contributed by atoms with Gasteiger partial charge in [0.25, 0.3) is 0 Å². The molecule has 3 nitrogen and oxygen atoms in total. The van der Waals surface area contributed by atoms with Gasteiger partial charge in [0, 0.05) is 6.20 Å². The summed E-state index contributed by atoms with van der Waals surface area (Å²) in [5.41, 5.74) is 5.66. The highest BCUT2D eigenvalue weighted by molar-refractivity contribution is 7.71. The molecule has 3 aromatic rings. The maximum atomic E-state index is 5.42. The number of fused-ring (bicyclic) bond motifs is 1. The molecule has 0 bridgehead atoms. The van der Waals surface area contributed by atoms with Crippen molar-refractivity contribution in [3.63, 3.8) is 0 Å². The van der Waals surface area contributed by atoms with Gasteiger partial charge in [-0.25, -0.2) is 4.98 Å². The van der Waals surface area contributed by atoms with Crippen molar-refractivity contribution >= 4 is 23.4 Å². The van der Waals surface area contributed by atoms with Crippen LogP contribution in [0.2, 0.25) is 0 Å². The number of pyridine rings is 1. The fraction of sp³-hybridized carbons (Fsp3) is 0.200. The Hall–Kier alpha value is -1.94. The summed E-state index contributed by atoms with van der Waals surface area (Å²) in [6, 6.07) is 10.3. The number of benzene rings is 1. The third-order valence-electron chi connectivity index (χ3n) is 3.46. The van der Waals surface area contributed by atoms with Crippen molar-refractivity contribution in [1.29, 1.82) is 0 Å². The predicted octanol–water partition coefficient (Wildman–Crippen LogP) is 3.76. The number of nitrogens with zero attached hydrogens (tertiary/aromatic N) is 2. The van der Waals surface area contributed by atoms with E-state index in [0.29, 0.717) is 0 Å². The number of aryl methyl sites for hydroxylation is 2. The summed E-state index contributed by atoms with van der Waals surface area (Å²) in [4.78, 5) is 7.70. The molecule has 0 saturated heterocycles. The third kappa shape index (κ3) is 2.08. The van der Waals surface area contributed by atoms with Crippen LogP contribution in [0.1, 0.15) is 16.7 Å². The normalized spacial score (nSPS) is 11.1. The zero-order valence-corrected chi connectivity index (χ0v) is 11.8. The number of aromatic nitrogens is 3. The van der Waals surface area contributed by atoms with Gasteiger partial charge in [-0.2, -0.15) is 0 Å². The molecule has 2 heterocycles. The van der Waals surface area contributed by atoms with Crippen molar-refractivity contribution in [2.45, 2.75) is 20.4 Å². The minimum atomic E-state index is 0.722. The minimum Gasteiger partial charge on any atom is -0.329 e. The Morgan fingerprint density at radius 1 is 1.16 bits per heavy atom. The van der Waals surface area contributed by atoms with Crippen molar-refractivity contribution in [1.82, 2.24) is 14.5 Å². The summed E-state index contributed by atoms with van der Waals surface area (Å²) < 4.78 is 2.78. The number of hydrogen-bond donors (Lipinski definition) is 1. The first kappa shape index (κ1) is 12.1. The molecule has 0 aliphatic heterocycles. The molecule has 3 rings (SSSR count). The molecule has 4 heteroatoms. The van der Waals surface area contributed by atoms with E-state index in [1.807, 2.05) is 12.3 Å². The van der Waals surface area contributed by atoms with E-state index in [-0.39, 0.29) is 0 Å². The van der Waals surface area contributed by atoms with Gasteiger partial charge in [0.05, 0.1) is 12.1 Å². The van der Waals surface area contributed by atoms with Gasteiger partial charge >= 0.3 is 0 Å². The van der Waals surface area contributed by atoms with Gasteiger partial charge in [-0.1, -0.05) is 24.3 Å². The molecular formula is C15H15N3S. The average Bonchev–Trinajstić information content (AvgIpc) is 2.71. The number of rotatable bonds is 2. The van der Waals surface area contributed by atoms with Gasteiger partial charge in [0.15, 0.2) is 10.4 Å². The molecule has 0 radical (unpaired) electrons. The highest BCUT2D eigenvalue weighted by Gasteiger charge is 2.08. The van der Waals surface area contributed by atoms with Gasteiger partial charge in [-0.3, -0.25) is 4.57 Å². The largest absolute Gasteiger partial charge is 0.329 e. The molecule has 0 aliphatic rings. The Morgan fingerprint density at radius 2 is 1.95 bits per heavy atom. The topological polar surface area (TPSA) is 33.6 Å². The molecule has 0 atom stereocenters. The SMILES string of the molecule is Cc1ccccc1Cn1c(=S)[nH]c2c(C)ccnc21. The number of imidazole rings is 1. The molecular weight excluding hydrogens is 254 g/mol. The van der Waals surface area contributed by atoms with Crippen LogP contribution in [-0.2, 0) is 6.54 Å². The van der Waals surface area contributed by atoms with Crippen molar-refractivity contribution in [3.05, 3.63) is 58.0 Å².